The molecule has 3 unspecified atom stereocenters. The van der Waals surface area contributed by atoms with Crippen LogP contribution < -0.4 is 10.6 Å². The van der Waals surface area contributed by atoms with Crippen molar-refractivity contribution in [3.05, 3.63) is 0 Å². The SMILES string of the molecule is CC(S)CC(NC(=O)OC(C)(C)C)C(=O)NCCC(C)CO. The lowest BCUT2D eigenvalue weighted by atomic mass is 10.1. The molecule has 0 aliphatic heterocycles. The number of ether oxygens (including phenoxy) is 1. The van der Waals surface area contributed by atoms with Crippen molar-refractivity contribution in [3.63, 3.8) is 0 Å². The van der Waals surface area contributed by atoms with Gasteiger partial charge < -0.3 is 20.5 Å². The monoisotopic (exact) mass is 334 g/mol. The zero-order valence-electron chi connectivity index (χ0n) is 14.2. The normalized spacial score (nSPS) is 15.6. The lowest BCUT2D eigenvalue weighted by molar-refractivity contribution is -0.123. The van der Waals surface area contributed by atoms with Crippen LogP contribution in [0, 0.1) is 5.92 Å². The quantitative estimate of drug-likeness (QED) is 0.509. The fraction of sp³-hybridized carbons (Fsp3) is 0.867. The van der Waals surface area contributed by atoms with E-state index in [-0.39, 0.29) is 23.7 Å². The summed E-state index contributed by atoms with van der Waals surface area (Å²) in [5, 5.41) is 14.3. The van der Waals surface area contributed by atoms with Gasteiger partial charge in [0.25, 0.3) is 0 Å². The van der Waals surface area contributed by atoms with E-state index in [0.29, 0.717) is 19.4 Å². The molecule has 3 atom stereocenters. The maximum absolute atomic E-state index is 12.2. The Bertz CT molecular complexity index is 356. The first-order chi connectivity index (χ1) is 10.0. The standard InChI is InChI=1S/C15H30N2O4S/c1-10(9-18)6-7-16-13(19)12(8-11(2)22)17-14(20)21-15(3,4)5/h10-12,18,22H,6-9H2,1-5H3,(H,16,19)(H,17,20). The highest BCUT2D eigenvalue weighted by atomic mass is 32.1. The molecule has 0 saturated carbocycles. The van der Waals surface area contributed by atoms with Crippen molar-refractivity contribution in [1.82, 2.24) is 10.6 Å². The predicted molar refractivity (Wildman–Crippen MR) is 90.1 cm³/mol. The maximum atomic E-state index is 12.2. The molecule has 0 fully saturated rings. The number of amides is 2. The molecule has 0 spiro atoms. The maximum Gasteiger partial charge on any atom is 0.408 e. The summed E-state index contributed by atoms with van der Waals surface area (Å²) < 4.78 is 5.17. The van der Waals surface area contributed by atoms with Crippen LogP contribution in [0.2, 0.25) is 0 Å². The van der Waals surface area contributed by atoms with Crippen molar-refractivity contribution >= 4 is 24.6 Å². The molecule has 0 radical (unpaired) electrons. The Labute approximate surface area is 138 Å². The van der Waals surface area contributed by atoms with E-state index in [1.165, 1.54) is 0 Å². The number of carbonyl (C=O) groups excluding carboxylic acids is 2. The van der Waals surface area contributed by atoms with Crippen LogP contribution in [0.1, 0.15) is 47.5 Å². The number of rotatable bonds is 8. The molecule has 0 aliphatic carbocycles. The van der Waals surface area contributed by atoms with Crippen molar-refractivity contribution in [1.29, 1.82) is 0 Å². The Balaban J connectivity index is 4.49. The van der Waals surface area contributed by atoms with Crippen LogP contribution in [-0.2, 0) is 9.53 Å². The number of alkyl carbamates (subject to hydrolysis) is 1. The van der Waals surface area contributed by atoms with Crippen LogP contribution in [0.25, 0.3) is 0 Å². The molecule has 0 aromatic carbocycles. The summed E-state index contributed by atoms with van der Waals surface area (Å²) in [6.07, 6.45) is 0.465. The van der Waals surface area contributed by atoms with E-state index in [9.17, 15) is 9.59 Å². The van der Waals surface area contributed by atoms with Crippen LogP contribution in [0.5, 0.6) is 0 Å². The van der Waals surface area contributed by atoms with Gasteiger partial charge in [0, 0.05) is 18.4 Å². The third kappa shape index (κ3) is 10.7. The summed E-state index contributed by atoms with van der Waals surface area (Å²) in [4.78, 5) is 24.0. The molecule has 0 heterocycles. The van der Waals surface area contributed by atoms with Gasteiger partial charge in [-0.1, -0.05) is 13.8 Å². The highest BCUT2D eigenvalue weighted by molar-refractivity contribution is 7.80. The summed E-state index contributed by atoms with van der Waals surface area (Å²) in [6, 6.07) is -0.688. The average Bonchev–Trinajstić information content (AvgIpc) is 2.34. The van der Waals surface area contributed by atoms with E-state index in [1.54, 1.807) is 20.8 Å². The second-order valence-corrected chi connectivity index (χ2v) is 7.53. The Morgan fingerprint density at radius 2 is 1.86 bits per heavy atom. The van der Waals surface area contributed by atoms with Gasteiger partial charge in [0.15, 0.2) is 0 Å². The van der Waals surface area contributed by atoms with Crippen molar-refractivity contribution in [2.45, 2.75) is 64.4 Å². The molecule has 0 saturated heterocycles. The molecule has 3 N–H and O–H groups in total. The van der Waals surface area contributed by atoms with Crippen LogP contribution in [0.4, 0.5) is 4.79 Å². The van der Waals surface area contributed by atoms with Crippen molar-refractivity contribution in [3.8, 4) is 0 Å². The van der Waals surface area contributed by atoms with E-state index in [2.05, 4.69) is 23.3 Å². The van der Waals surface area contributed by atoms with E-state index >= 15 is 0 Å². The molecule has 0 aromatic heterocycles. The fourth-order valence-corrected chi connectivity index (χ4v) is 1.89. The minimum atomic E-state index is -0.688. The summed E-state index contributed by atoms with van der Waals surface area (Å²) in [5.41, 5.74) is -0.617. The van der Waals surface area contributed by atoms with Crippen LogP contribution >= 0.6 is 12.6 Å². The Hall–Kier alpha value is -0.950. The molecular formula is C15H30N2O4S. The highest BCUT2D eigenvalue weighted by Crippen LogP contribution is 2.09. The van der Waals surface area contributed by atoms with Crippen LogP contribution in [0.15, 0.2) is 0 Å². The summed E-state index contributed by atoms with van der Waals surface area (Å²) in [6.45, 7) is 9.58. The minimum Gasteiger partial charge on any atom is -0.444 e. The van der Waals surface area contributed by atoms with Gasteiger partial charge in [0.2, 0.25) is 5.91 Å². The van der Waals surface area contributed by atoms with Gasteiger partial charge in [-0.2, -0.15) is 12.6 Å². The number of hydrogen-bond donors (Lipinski definition) is 4. The number of aliphatic hydroxyl groups excluding tert-OH is 1. The Kier molecular flexibility index (Phi) is 9.51. The molecule has 0 aromatic rings. The first kappa shape index (κ1) is 21.0. The first-order valence-corrected chi connectivity index (χ1v) is 8.13. The molecule has 0 aliphatic rings. The van der Waals surface area contributed by atoms with Gasteiger partial charge in [-0.15, -0.1) is 0 Å². The average molecular weight is 334 g/mol. The third-order valence-corrected chi connectivity index (χ3v) is 3.04. The lowest BCUT2D eigenvalue weighted by Crippen LogP contribution is -2.49. The van der Waals surface area contributed by atoms with Crippen molar-refractivity contribution < 1.29 is 19.4 Å². The largest absolute Gasteiger partial charge is 0.444 e. The second-order valence-electron chi connectivity index (χ2n) is 6.65. The highest BCUT2D eigenvalue weighted by Gasteiger charge is 2.25. The van der Waals surface area contributed by atoms with Gasteiger partial charge in [-0.3, -0.25) is 4.79 Å². The number of aliphatic hydroxyl groups is 1. The molecule has 7 heteroatoms. The molecular weight excluding hydrogens is 304 g/mol. The number of carbonyl (C=O) groups is 2. The summed E-state index contributed by atoms with van der Waals surface area (Å²) >= 11 is 4.27. The summed E-state index contributed by atoms with van der Waals surface area (Å²) in [7, 11) is 0. The Morgan fingerprint density at radius 1 is 1.27 bits per heavy atom. The zero-order valence-corrected chi connectivity index (χ0v) is 15.1. The molecule has 2 amide bonds. The molecule has 0 rings (SSSR count). The second kappa shape index (κ2) is 9.94. The van der Waals surface area contributed by atoms with Gasteiger partial charge in [0.1, 0.15) is 11.6 Å². The predicted octanol–water partition coefficient (Wildman–Crippen LogP) is 1.72. The van der Waals surface area contributed by atoms with E-state index < -0.39 is 17.7 Å². The van der Waals surface area contributed by atoms with Gasteiger partial charge in [-0.25, -0.2) is 4.79 Å². The van der Waals surface area contributed by atoms with E-state index in [1.807, 2.05) is 13.8 Å². The van der Waals surface area contributed by atoms with Crippen molar-refractivity contribution in [2.24, 2.45) is 5.92 Å². The van der Waals surface area contributed by atoms with Gasteiger partial charge in [-0.05, 0) is 39.5 Å². The number of nitrogens with one attached hydrogen (secondary N) is 2. The lowest BCUT2D eigenvalue weighted by Gasteiger charge is -2.24. The fourth-order valence-electron chi connectivity index (χ4n) is 1.68. The zero-order chi connectivity index (χ0) is 17.3. The minimum absolute atomic E-state index is 0.0398. The van der Waals surface area contributed by atoms with E-state index in [0.717, 1.165) is 0 Å². The molecule has 22 heavy (non-hydrogen) atoms. The number of hydrogen-bond acceptors (Lipinski definition) is 5. The van der Waals surface area contributed by atoms with Crippen LogP contribution in [0.3, 0.4) is 0 Å². The van der Waals surface area contributed by atoms with E-state index in [4.69, 9.17) is 9.84 Å². The van der Waals surface area contributed by atoms with Gasteiger partial charge >= 0.3 is 6.09 Å². The van der Waals surface area contributed by atoms with Crippen LogP contribution in [-0.4, -0.2) is 47.2 Å². The van der Waals surface area contributed by atoms with Crippen molar-refractivity contribution in [2.75, 3.05) is 13.2 Å². The Morgan fingerprint density at radius 3 is 2.32 bits per heavy atom. The first-order valence-electron chi connectivity index (χ1n) is 7.61. The molecule has 0 bridgehead atoms. The topological polar surface area (TPSA) is 87.7 Å². The third-order valence-electron chi connectivity index (χ3n) is 2.83. The summed E-state index contributed by atoms with van der Waals surface area (Å²) in [5.74, 6) is -0.140. The van der Waals surface area contributed by atoms with Gasteiger partial charge in [0.05, 0.1) is 0 Å². The smallest absolute Gasteiger partial charge is 0.408 e. The molecule has 6 nitrogen and oxygen atoms in total. The number of thiol groups is 1. The molecule has 130 valence electrons.